The maximum absolute atomic E-state index is 13.8. The summed E-state index contributed by atoms with van der Waals surface area (Å²) >= 11 is 0. The van der Waals surface area contributed by atoms with Crippen molar-refractivity contribution in [1.29, 1.82) is 0 Å². The highest BCUT2D eigenvalue weighted by molar-refractivity contribution is 5.88. The number of rotatable bonds is 8. The minimum absolute atomic E-state index is 0.0483. The van der Waals surface area contributed by atoms with E-state index in [2.05, 4.69) is 42.3 Å². The van der Waals surface area contributed by atoms with E-state index in [0.29, 0.717) is 25.4 Å². The summed E-state index contributed by atoms with van der Waals surface area (Å²) in [4.78, 5) is 31.9. The van der Waals surface area contributed by atoms with E-state index in [-0.39, 0.29) is 11.9 Å². The summed E-state index contributed by atoms with van der Waals surface area (Å²) in [5.41, 5.74) is 8.59. The number of nitrogens with zero attached hydrogens (tertiary/aromatic N) is 1. The second-order valence-electron chi connectivity index (χ2n) is 10.5. The van der Waals surface area contributed by atoms with Gasteiger partial charge in [-0.1, -0.05) is 32.0 Å². The van der Waals surface area contributed by atoms with Gasteiger partial charge >= 0.3 is 6.09 Å². The summed E-state index contributed by atoms with van der Waals surface area (Å²) in [7, 11) is 0. The summed E-state index contributed by atoms with van der Waals surface area (Å²) in [6.45, 7) is 11.0. The molecule has 1 aromatic carbocycles. The van der Waals surface area contributed by atoms with Gasteiger partial charge in [0.05, 0.1) is 6.04 Å². The molecule has 3 rings (SSSR count). The van der Waals surface area contributed by atoms with Crippen LogP contribution in [0.15, 0.2) is 24.3 Å². The Morgan fingerprint density at radius 2 is 1.97 bits per heavy atom. The van der Waals surface area contributed by atoms with Crippen LogP contribution < -0.4 is 11.1 Å². The number of ether oxygens (including phenoxy) is 1. The van der Waals surface area contributed by atoms with Gasteiger partial charge in [-0.15, -0.1) is 0 Å². The lowest BCUT2D eigenvalue weighted by Gasteiger charge is -2.39. The fourth-order valence-electron chi connectivity index (χ4n) is 4.67. The number of H-pyrrole nitrogens is 1. The monoisotopic (exact) mass is 456 g/mol. The Labute approximate surface area is 197 Å². The van der Waals surface area contributed by atoms with Crippen LogP contribution in [0.5, 0.6) is 0 Å². The van der Waals surface area contributed by atoms with Gasteiger partial charge in [-0.3, -0.25) is 4.79 Å². The van der Waals surface area contributed by atoms with E-state index >= 15 is 0 Å². The number of alkyl carbamates (subject to hydrolysis) is 1. The number of aromatic amines is 1. The molecule has 1 aliphatic rings. The molecule has 0 radical (unpaired) electrons. The highest BCUT2D eigenvalue weighted by Crippen LogP contribution is 2.38. The maximum atomic E-state index is 13.8. The number of hydrogen-bond donors (Lipinski definition) is 3. The molecular formula is C26H40N4O3. The van der Waals surface area contributed by atoms with Crippen molar-refractivity contribution in [2.75, 3.05) is 13.1 Å². The van der Waals surface area contributed by atoms with Crippen molar-refractivity contribution in [2.24, 2.45) is 11.7 Å². The number of para-hydroxylation sites is 1. The lowest BCUT2D eigenvalue weighted by atomic mass is 9.90. The Morgan fingerprint density at radius 1 is 1.24 bits per heavy atom. The van der Waals surface area contributed by atoms with Crippen LogP contribution in [0.1, 0.15) is 77.6 Å². The van der Waals surface area contributed by atoms with Crippen molar-refractivity contribution >= 4 is 22.9 Å². The third-order valence-electron chi connectivity index (χ3n) is 6.07. The van der Waals surface area contributed by atoms with Crippen molar-refractivity contribution in [3.8, 4) is 0 Å². The smallest absolute Gasteiger partial charge is 0.408 e. The van der Waals surface area contributed by atoms with Crippen LogP contribution in [0.3, 0.4) is 0 Å². The van der Waals surface area contributed by atoms with Gasteiger partial charge in [0.15, 0.2) is 0 Å². The lowest BCUT2D eigenvalue weighted by Crippen LogP contribution is -2.52. The van der Waals surface area contributed by atoms with Gasteiger partial charge in [-0.2, -0.15) is 0 Å². The van der Waals surface area contributed by atoms with Crippen LogP contribution in [0.4, 0.5) is 4.79 Å². The molecule has 0 saturated carbocycles. The number of amides is 2. The minimum atomic E-state index is -0.632. The Bertz CT molecular complexity index is 960. The third kappa shape index (κ3) is 6.28. The predicted molar refractivity (Wildman–Crippen MR) is 132 cm³/mol. The van der Waals surface area contributed by atoms with Crippen LogP contribution >= 0.6 is 0 Å². The van der Waals surface area contributed by atoms with Crippen LogP contribution in [-0.2, 0) is 16.0 Å². The maximum Gasteiger partial charge on any atom is 0.408 e. The van der Waals surface area contributed by atoms with E-state index in [1.807, 2.05) is 31.7 Å². The number of carbonyl (C=O) groups excluding carboxylic acids is 2. The molecule has 1 aliphatic heterocycles. The molecule has 2 amide bonds. The highest BCUT2D eigenvalue weighted by Gasteiger charge is 2.37. The van der Waals surface area contributed by atoms with E-state index in [1.165, 1.54) is 10.9 Å². The van der Waals surface area contributed by atoms with Crippen LogP contribution in [-0.4, -0.2) is 46.6 Å². The molecule has 1 unspecified atom stereocenters. The molecule has 7 nitrogen and oxygen atoms in total. The van der Waals surface area contributed by atoms with E-state index in [4.69, 9.17) is 10.5 Å². The van der Waals surface area contributed by atoms with Crippen LogP contribution in [0.2, 0.25) is 0 Å². The first-order valence-corrected chi connectivity index (χ1v) is 12.2. The van der Waals surface area contributed by atoms with Gasteiger partial charge in [0, 0.05) is 23.1 Å². The molecule has 0 aliphatic carbocycles. The average Bonchev–Trinajstić information content (AvgIpc) is 3.10. The second-order valence-corrected chi connectivity index (χ2v) is 10.5. The zero-order valence-electron chi connectivity index (χ0n) is 20.7. The first kappa shape index (κ1) is 25.1. The number of nitrogens with one attached hydrogen (secondary N) is 2. The van der Waals surface area contributed by atoms with E-state index in [0.717, 1.165) is 36.9 Å². The van der Waals surface area contributed by atoms with E-state index in [1.54, 1.807) is 0 Å². The van der Waals surface area contributed by atoms with Gasteiger partial charge in [0.25, 0.3) is 0 Å². The van der Waals surface area contributed by atoms with Crippen molar-refractivity contribution in [1.82, 2.24) is 15.2 Å². The summed E-state index contributed by atoms with van der Waals surface area (Å²) in [6.07, 6.45) is 3.21. The zero-order valence-corrected chi connectivity index (χ0v) is 20.7. The van der Waals surface area contributed by atoms with Gasteiger partial charge < -0.3 is 25.7 Å². The Hall–Kier alpha value is -2.54. The SMILES string of the molecule is CC(C)CC1c2[nH]c3ccccc3c2CCN1C(=O)[C@@H](CCCCN)NC(=O)OC(C)(C)C. The second kappa shape index (κ2) is 10.6. The van der Waals surface area contributed by atoms with Gasteiger partial charge in [0.2, 0.25) is 5.91 Å². The standard InChI is InChI=1S/C26H40N4O3/c1-17(2)16-22-23-19(18-10-6-7-11-20(18)28-23)13-15-30(22)24(31)21(12-8-9-14-27)29-25(32)33-26(3,4)5/h6-7,10-11,17,21-22,28H,8-9,12-16,27H2,1-5H3,(H,29,32)/t21-,22?/m1/s1. The minimum Gasteiger partial charge on any atom is -0.444 e. The van der Waals surface area contributed by atoms with Gasteiger partial charge in [-0.25, -0.2) is 4.79 Å². The van der Waals surface area contributed by atoms with Crippen LogP contribution in [0, 0.1) is 5.92 Å². The van der Waals surface area contributed by atoms with Crippen molar-refractivity contribution in [3.63, 3.8) is 0 Å². The fourth-order valence-corrected chi connectivity index (χ4v) is 4.67. The first-order valence-electron chi connectivity index (χ1n) is 12.2. The normalized spacial score (nSPS) is 17.2. The molecule has 0 saturated heterocycles. The molecule has 0 bridgehead atoms. The molecule has 182 valence electrons. The molecule has 0 fully saturated rings. The third-order valence-corrected chi connectivity index (χ3v) is 6.07. The Kier molecular flexibility index (Phi) is 8.05. The summed E-state index contributed by atoms with van der Waals surface area (Å²) < 4.78 is 5.45. The van der Waals surface area contributed by atoms with Crippen molar-refractivity contribution in [2.45, 2.75) is 84.4 Å². The number of fused-ring (bicyclic) bond motifs is 3. The fraction of sp³-hybridized carbons (Fsp3) is 0.615. The molecule has 4 N–H and O–H groups in total. The van der Waals surface area contributed by atoms with Crippen molar-refractivity contribution in [3.05, 3.63) is 35.5 Å². The van der Waals surface area contributed by atoms with E-state index < -0.39 is 17.7 Å². The largest absolute Gasteiger partial charge is 0.444 e. The summed E-state index contributed by atoms with van der Waals surface area (Å²) in [6, 6.07) is 7.64. The number of carbonyl (C=O) groups is 2. The summed E-state index contributed by atoms with van der Waals surface area (Å²) in [5.74, 6) is 0.366. The zero-order chi connectivity index (χ0) is 24.2. The van der Waals surface area contributed by atoms with Crippen LogP contribution in [0.25, 0.3) is 10.9 Å². The number of benzene rings is 1. The molecule has 33 heavy (non-hydrogen) atoms. The van der Waals surface area contributed by atoms with E-state index in [9.17, 15) is 9.59 Å². The van der Waals surface area contributed by atoms with Gasteiger partial charge in [-0.05, 0) is 77.0 Å². The number of nitrogens with two attached hydrogens (primary N) is 1. The highest BCUT2D eigenvalue weighted by atomic mass is 16.6. The average molecular weight is 457 g/mol. The molecule has 2 aromatic rings. The van der Waals surface area contributed by atoms with Gasteiger partial charge in [0.1, 0.15) is 11.6 Å². The Balaban J connectivity index is 1.88. The molecule has 2 atom stereocenters. The molecule has 1 aromatic heterocycles. The predicted octanol–water partition coefficient (Wildman–Crippen LogP) is 4.66. The summed E-state index contributed by atoms with van der Waals surface area (Å²) in [5, 5.41) is 4.09. The molecule has 7 heteroatoms. The molecular weight excluding hydrogens is 416 g/mol. The van der Waals surface area contributed by atoms with Crippen molar-refractivity contribution < 1.29 is 14.3 Å². The molecule has 0 spiro atoms. The topological polar surface area (TPSA) is 100 Å². The number of unbranched alkanes of at least 4 members (excludes halogenated alkanes) is 1. The lowest BCUT2D eigenvalue weighted by molar-refractivity contribution is -0.137. The Morgan fingerprint density at radius 3 is 2.64 bits per heavy atom. The quantitative estimate of drug-likeness (QED) is 0.503. The number of aromatic nitrogens is 1. The molecule has 2 heterocycles. The first-order chi connectivity index (χ1) is 15.6. The number of hydrogen-bond acceptors (Lipinski definition) is 4.